The number of nitrogen functional groups attached to an aromatic ring is 1. The summed E-state index contributed by atoms with van der Waals surface area (Å²) in [6.07, 6.45) is 0. The van der Waals surface area contributed by atoms with Crippen molar-refractivity contribution in [1.29, 1.82) is 0 Å². The van der Waals surface area contributed by atoms with Crippen molar-refractivity contribution in [2.24, 2.45) is 0 Å². The molecule has 0 saturated carbocycles. The predicted octanol–water partition coefficient (Wildman–Crippen LogP) is 3.78. The molecule has 2 rings (SSSR count). The lowest BCUT2D eigenvalue weighted by Gasteiger charge is -2.13. The molecule has 0 fully saturated rings. The van der Waals surface area contributed by atoms with Crippen LogP contribution < -0.4 is 11.1 Å². The Labute approximate surface area is 124 Å². The van der Waals surface area contributed by atoms with Gasteiger partial charge in [-0.25, -0.2) is 9.97 Å². The Bertz CT molecular complexity index is 597. The summed E-state index contributed by atoms with van der Waals surface area (Å²) in [5, 5.41) is 3.39. The number of thiophene rings is 1. The van der Waals surface area contributed by atoms with Gasteiger partial charge in [0.25, 0.3) is 0 Å². The monoisotopic (exact) mass is 290 g/mol. The van der Waals surface area contributed by atoms with Crippen LogP contribution in [0.1, 0.15) is 46.5 Å². The van der Waals surface area contributed by atoms with Gasteiger partial charge in [-0.15, -0.1) is 11.3 Å². The normalized spacial score (nSPS) is 11.1. The average Bonchev–Trinajstić information content (AvgIpc) is 2.70. The summed E-state index contributed by atoms with van der Waals surface area (Å²) in [7, 11) is 0. The van der Waals surface area contributed by atoms with Gasteiger partial charge in [0.1, 0.15) is 17.5 Å². The second kappa shape index (κ2) is 5.79. The summed E-state index contributed by atoms with van der Waals surface area (Å²) in [6, 6.07) is 2.22. The summed E-state index contributed by atoms with van der Waals surface area (Å²) in [4.78, 5) is 11.6. The third-order valence-electron chi connectivity index (χ3n) is 3.36. The maximum atomic E-state index is 5.97. The van der Waals surface area contributed by atoms with E-state index in [-0.39, 0.29) is 5.92 Å². The molecule has 0 amide bonds. The summed E-state index contributed by atoms with van der Waals surface area (Å²) >= 11 is 1.82. The SMILES string of the molecule is Cc1cc(CNc2nc(C(C)C)nc(N)c2C)sc1C. The molecule has 2 aromatic rings. The van der Waals surface area contributed by atoms with E-state index >= 15 is 0 Å². The Hall–Kier alpha value is -1.62. The van der Waals surface area contributed by atoms with Crippen molar-refractivity contribution in [2.75, 3.05) is 11.1 Å². The zero-order chi connectivity index (χ0) is 14.9. The van der Waals surface area contributed by atoms with Gasteiger partial charge in [-0.2, -0.15) is 0 Å². The third kappa shape index (κ3) is 3.10. The van der Waals surface area contributed by atoms with E-state index in [1.807, 2.05) is 18.3 Å². The van der Waals surface area contributed by atoms with Gasteiger partial charge < -0.3 is 11.1 Å². The zero-order valence-corrected chi connectivity index (χ0v) is 13.6. The fourth-order valence-corrected chi connectivity index (χ4v) is 2.88. The smallest absolute Gasteiger partial charge is 0.135 e. The van der Waals surface area contributed by atoms with Crippen LogP contribution >= 0.6 is 11.3 Å². The van der Waals surface area contributed by atoms with Crippen LogP contribution in [0.15, 0.2) is 6.07 Å². The van der Waals surface area contributed by atoms with Gasteiger partial charge in [0.05, 0.1) is 6.54 Å². The van der Waals surface area contributed by atoms with E-state index in [4.69, 9.17) is 5.73 Å². The number of hydrogen-bond donors (Lipinski definition) is 2. The van der Waals surface area contributed by atoms with Gasteiger partial charge in [-0.3, -0.25) is 0 Å². The van der Waals surface area contributed by atoms with Crippen molar-refractivity contribution >= 4 is 23.0 Å². The van der Waals surface area contributed by atoms with Gasteiger partial charge in [0.2, 0.25) is 0 Å². The Balaban J connectivity index is 2.20. The highest BCUT2D eigenvalue weighted by atomic mass is 32.1. The van der Waals surface area contributed by atoms with E-state index in [1.165, 1.54) is 15.3 Å². The summed E-state index contributed by atoms with van der Waals surface area (Å²) in [6.45, 7) is 11.1. The van der Waals surface area contributed by atoms with Crippen molar-refractivity contribution in [3.05, 3.63) is 32.8 Å². The predicted molar refractivity (Wildman–Crippen MR) is 86.4 cm³/mol. The van der Waals surface area contributed by atoms with Crippen molar-refractivity contribution in [3.63, 3.8) is 0 Å². The Morgan fingerprint density at radius 2 is 1.95 bits per heavy atom. The summed E-state index contributed by atoms with van der Waals surface area (Å²) < 4.78 is 0. The Morgan fingerprint density at radius 1 is 1.25 bits per heavy atom. The van der Waals surface area contributed by atoms with Crippen LogP contribution in [0.3, 0.4) is 0 Å². The molecule has 0 aliphatic rings. The quantitative estimate of drug-likeness (QED) is 0.899. The van der Waals surface area contributed by atoms with Crippen LogP contribution in [-0.2, 0) is 6.54 Å². The standard InChI is InChI=1S/C15H22N4S/c1-8(2)14-18-13(16)10(4)15(19-14)17-7-12-6-9(3)11(5)20-12/h6,8H,7H2,1-5H3,(H3,16,17,18,19). The van der Waals surface area contributed by atoms with Crippen LogP contribution in [0.4, 0.5) is 11.6 Å². The van der Waals surface area contributed by atoms with Crippen molar-refractivity contribution in [1.82, 2.24) is 9.97 Å². The Kier molecular flexibility index (Phi) is 4.28. The molecule has 0 saturated heterocycles. The molecule has 0 spiro atoms. The molecule has 3 N–H and O–H groups in total. The van der Waals surface area contributed by atoms with Crippen molar-refractivity contribution in [3.8, 4) is 0 Å². The largest absolute Gasteiger partial charge is 0.383 e. The topological polar surface area (TPSA) is 63.8 Å². The third-order valence-corrected chi connectivity index (χ3v) is 4.52. The molecule has 0 bridgehead atoms. The lowest BCUT2D eigenvalue weighted by atomic mass is 10.2. The molecule has 20 heavy (non-hydrogen) atoms. The molecular formula is C15H22N4S. The molecule has 0 radical (unpaired) electrons. The number of aromatic nitrogens is 2. The number of nitrogens with one attached hydrogen (secondary N) is 1. The summed E-state index contributed by atoms with van der Waals surface area (Å²) in [5.41, 5.74) is 8.23. The van der Waals surface area contributed by atoms with E-state index in [2.05, 4.69) is 49.0 Å². The van der Waals surface area contributed by atoms with Gasteiger partial charge >= 0.3 is 0 Å². The van der Waals surface area contributed by atoms with Crippen LogP contribution in [0.5, 0.6) is 0 Å². The molecule has 2 aromatic heterocycles. The highest BCUT2D eigenvalue weighted by Crippen LogP contribution is 2.24. The highest BCUT2D eigenvalue weighted by Gasteiger charge is 2.11. The molecule has 108 valence electrons. The van der Waals surface area contributed by atoms with Gasteiger partial charge in [0.15, 0.2) is 0 Å². The Morgan fingerprint density at radius 3 is 2.50 bits per heavy atom. The fourth-order valence-electron chi connectivity index (χ4n) is 1.89. The molecule has 0 aliphatic carbocycles. The first-order chi connectivity index (χ1) is 9.38. The first-order valence-electron chi connectivity index (χ1n) is 6.82. The van der Waals surface area contributed by atoms with E-state index < -0.39 is 0 Å². The van der Waals surface area contributed by atoms with Crippen molar-refractivity contribution in [2.45, 2.75) is 47.1 Å². The minimum absolute atomic E-state index is 0.268. The minimum atomic E-state index is 0.268. The second-order valence-corrected chi connectivity index (χ2v) is 6.74. The van der Waals surface area contributed by atoms with Crippen LogP contribution in [-0.4, -0.2) is 9.97 Å². The molecular weight excluding hydrogens is 268 g/mol. The molecule has 0 aromatic carbocycles. The van der Waals surface area contributed by atoms with E-state index in [0.29, 0.717) is 5.82 Å². The average molecular weight is 290 g/mol. The van der Waals surface area contributed by atoms with Crippen LogP contribution in [0.25, 0.3) is 0 Å². The maximum Gasteiger partial charge on any atom is 0.135 e. The van der Waals surface area contributed by atoms with Gasteiger partial charge in [-0.05, 0) is 32.4 Å². The molecule has 0 atom stereocenters. The first kappa shape index (κ1) is 14.8. The van der Waals surface area contributed by atoms with Crippen LogP contribution in [0, 0.1) is 20.8 Å². The lowest BCUT2D eigenvalue weighted by Crippen LogP contribution is -2.10. The number of nitrogens with two attached hydrogens (primary N) is 1. The zero-order valence-electron chi connectivity index (χ0n) is 12.7. The van der Waals surface area contributed by atoms with E-state index in [1.54, 1.807) is 0 Å². The second-order valence-electron chi connectivity index (χ2n) is 5.40. The molecule has 2 heterocycles. The fraction of sp³-hybridized carbons (Fsp3) is 0.467. The lowest BCUT2D eigenvalue weighted by molar-refractivity contribution is 0.774. The number of hydrogen-bond acceptors (Lipinski definition) is 5. The van der Waals surface area contributed by atoms with Crippen molar-refractivity contribution < 1.29 is 0 Å². The summed E-state index contributed by atoms with van der Waals surface area (Å²) in [5.74, 6) is 2.45. The number of aryl methyl sites for hydroxylation is 2. The van der Waals surface area contributed by atoms with Crippen LogP contribution in [0.2, 0.25) is 0 Å². The molecule has 0 unspecified atom stereocenters. The van der Waals surface area contributed by atoms with Gasteiger partial charge in [-0.1, -0.05) is 13.8 Å². The molecule has 0 aliphatic heterocycles. The highest BCUT2D eigenvalue weighted by molar-refractivity contribution is 7.12. The number of anilines is 2. The van der Waals surface area contributed by atoms with E-state index in [0.717, 1.165) is 23.8 Å². The van der Waals surface area contributed by atoms with Gasteiger partial charge in [0, 0.05) is 21.2 Å². The van der Waals surface area contributed by atoms with E-state index in [9.17, 15) is 0 Å². The number of nitrogens with zero attached hydrogens (tertiary/aromatic N) is 2. The molecule has 5 heteroatoms. The minimum Gasteiger partial charge on any atom is -0.383 e. The molecule has 4 nitrogen and oxygen atoms in total. The number of rotatable bonds is 4. The maximum absolute atomic E-state index is 5.97. The first-order valence-corrected chi connectivity index (χ1v) is 7.64.